The van der Waals surface area contributed by atoms with Gasteiger partial charge in [-0.3, -0.25) is 0 Å². The number of nitrogens with one attached hydrogen (secondary N) is 1. The highest BCUT2D eigenvalue weighted by Gasteiger charge is 2.28. The first-order valence-corrected chi connectivity index (χ1v) is 7.99. The van der Waals surface area contributed by atoms with E-state index in [-0.39, 0.29) is 22.9 Å². The fraction of sp³-hybridized carbons (Fsp3) is 0.571. The van der Waals surface area contributed by atoms with E-state index in [1.54, 1.807) is 18.2 Å². The minimum Gasteiger partial charge on any atom is -0.495 e. The van der Waals surface area contributed by atoms with Crippen LogP contribution >= 0.6 is 0 Å². The van der Waals surface area contributed by atoms with Gasteiger partial charge < -0.3 is 10.5 Å². The van der Waals surface area contributed by atoms with Gasteiger partial charge in [0.1, 0.15) is 10.6 Å². The SMILES string of the molecule is COc1ccc(CN)cc1S(=O)(=O)NC(C)C(C)(C)C. The molecule has 0 saturated heterocycles. The topological polar surface area (TPSA) is 81.4 Å². The van der Waals surface area contributed by atoms with Crippen molar-refractivity contribution in [2.75, 3.05) is 7.11 Å². The molecule has 3 N–H and O–H groups in total. The van der Waals surface area contributed by atoms with E-state index in [2.05, 4.69) is 4.72 Å². The van der Waals surface area contributed by atoms with Crippen molar-refractivity contribution in [2.45, 2.75) is 45.2 Å². The second-order valence-corrected chi connectivity index (χ2v) is 7.58. The third kappa shape index (κ3) is 3.94. The lowest BCUT2D eigenvalue weighted by molar-refractivity contribution is 0.317. The number of methoxy groups -OCH3 is 1. The molecule has 1 rings (SSSR count). The lowest BCUT2D eigenvalue weighted by Gasteiger charge is -2.28. The molecule has 0 aliphatic carbocycles. The number of ether oxygens (including phenoxy) is 1. The summed E-state index contributed by atoms with van der Waals surface area (Å²) in [5.74, 6) is 0.316. The van der Waals surface area contributed by atoms with Crippen molar-refractivity contribution >= 4 is 10.0 Å². The van der Waals surface area contributed by atoms with Crippen molar-refractivity contribution in [1.82, 2.24) is 4.72 Å². The predicted octanol–water partition coefficient (Wildman–Crippen LogP) is 1.87. The van der Waals surface area contributed by atoms with E-state index in [1.165, 1.54) is 7.11 Å². The van der Waals surface area contributed by atoms with Gasteiger partial charge in [-0.2, -0.15) is 0 Å². The Kier molecular flexibility index (Phi) is 5.18. The van der Waals surface area contributed by atoms with Crippen molar-refractivity contribution in [1.29, 1.82) is 0 Å². The molecule has 0 fully saturated rings. The Morgan fingerprint density at radius 1 is 1.35 bits per heavy atom. The Morgan fingerprint density at radius 3 is 2.40 bits per heavy atom. The zero-order chi connectivity index (χ0) is 15.6. The lowest BCUT2D eigenvalue weighted by atomic mass is 9.89. The smallest absolute Gasteiger partial charge is 0.244 e. The second-order valence-electron chi connectivity index (χ2n) is 5.90. The summed E-state index contributed by atoms with van der Waals surface area (Å²) in [4.78, 5) is 0.124. The standard InChI is InChI=1S/C14H24N2O3S/c1-10(14(2,3)4)16-20(17,18)13-8-11(9-15)6-7-12(13)19-5/h6-8,10,16H,9,15H2,1-5H3. The average molecular weight is 300 g/mol. The molecule has 0 aromatic heterocycles. The molecule has 0 aliphatic heterocycles. The molecule has 1 unspecified atom stereocenters. The molecular formula is C14H24N2O3S. The third-order valence-corrected chi connectivity index (χ3v) is 4.95. The number of benzene rings is 1. The molecule has 0 bridgehead atoms. The maximum Gasteiger partial charge on any atom is 0.244 e. The van der Waals surface area contributed by atoms with Crippen LogP contribution in [0, 0.1) is 5.41 Å². The summed E-state index contributed by atoms with van der Waals surface area (Å²) < 4.78 is 32.8. The normalized spacial score (nSPS) is 14.1. The van der Waals surface area contributed by atoms with Crippen LogP contribution in [0.4, 0.5) is 0 Å². The highest BCUT2D eigenvalue weighted by molar-refractivity contribution is 7.89. The number of nitrogens with two attached hydrogens (primary N) is 1. The van der Waals surface area contributed by atoms with Crippen molar-refractivity contribution in [3.63, 3.8) is 0 Å². The first kappa shape index (κ1) is 16.9. The Balaban J connectivity index is 3.21. The summed E-state index contributed by atoms with van der Waals surface area (Å²) in [5.41, 5.74) is 6.14. The molecule has 20 heavy (non-hydrogen) atoms. The molecule has 0 spiro atoms. The predicted molar refractivity (Wildman–Crippen MR) is 80.1 cm³/mol. The van der Waals surface area contributed by atoms with Gasteiger partial charge in [-0.15, -0.1) is 0 Å². The van der Waals surface area contributed by atoms with Crippen molar-refractivity contribution < 1.29 is 13.2 Å². The zero-order valence-electron chi connectivity index (χ0n) is 12.7. The lowest BCUT2D eigenvalue weighted by Crippen LogP contribution is -2.41. The summed E-state index contributed by atoms with van der Waals surface area (Å²) in [6, 6.07) is 4.72. The molecule has 6 heteroatoms. The number of hydrogen-bond donors (Lipinski definition) is 2. The van der Waals surface area contributed by atoms with Gasteiger partial charge >= 0.3 is 0 Å². The van der Waals surface area contributed by atoms with Crippen molar-refractivity contribution in [3.05, 3.63) is 23.8 Å². The van der Waals surface area contributed by atoms with E-state index in [9.17, 15) is 8.42 Å². The van der Waals surface area contributed by atoms with Crippen LogP contribution in [-0.2, 0) is 16.6 Å². The summed E-state index contributed by atoms with van der Waals surface area (Å²) >= 11 is 0. The molecule has 5 nitrogen and oxygen atoms in total. The van der Waals surface area contributed by atoms with Gasteiger partial charge in [-0.1, -0.05) is 26.8 Å². The van der Waals surface area contributed by atoms with E-state index >= 15 is 0 Å². The van der Waals surface area contributed by atoms with Gasteiger partial charge in [0.2, 0.25) is 10.0 Å². The summed E-state index contributed by atoms with van der Waals surface area (Å²) in [6.45, 7) is 8.06. The Hall–Kier alpha value is -1.11. The van der Waals surface area contributed by atoms with Crippen LogP contribution in [0.3, 0.4) is 0 Å². The molecule has 1 aromatic rings. The molecule has 1 atom stereocenters. The first-order valence-electron chi connectivity index (χ1n) is 6.51. The van der Waals surface area contributed by atoms with Gasteiger partial charge in [0.25, 0.3) is 0 Å². The van der Waals surface area contributed by atoms with Crippen LogP contribution in [0.15, 0.2) is 23.1 Å². The number of hydrogen-bond acceptors (Lipinski definition) is 4. The molecular weight excluding hydrogens is 276 g/mol. The van der Waals surface area contributed by atoms with Crippen LogP contribution in [0.25, 0.3) is 0 Å². The number of rotatable bonds is 5. The van der Waals surface area contributed by atoms with E-state index in [4.69, 9.17) is 10.5 Å². The van der Waals surface area contributed by atoms with Crippen LogP contribution in [0.5, 0.6) is 5.75 Å². The highest BCUT2D eigenvalue weighted by atomic mass is 32.2. The maximum absolute atomic E-state index is 12.5. The molecule has 0 heterocycles. The van der Waals surface area contributed by atoms with Crippen molar-refractivity contribution in [2.24, 2.45) is 11.1 Å². The number of sulfonamides is 1. The van der Waals surface area contributed by atoms with Crippen LogP contribution in [-0.4, -0.2) is 21.6 Å². The minimum absolute atomic E-state index is 0.124. The van der Waals surface area contributed by atoms with E-state index < -0.39 is 10.0 Å². The van der Waals surface area contributed by atoms with Crippen LogP contribution in [0.2, 0.25) is 0 Å². The molecule has 0 saturated carbocycles. The fourth-order valence-electron chi connectivity index (χ4n) is 1.53. The quantitative estimate of drug-likeness (QED) is 0.869. The van der Waals surface area contributed by atoms with Gasteiger partial charge in [0.15, 0.2) is 0 Å². The summed E-state index contributed by atoms with van der Waals surface area (Å²) in [7, 11) is -2.20. The molecule has 114 valence electrons. The molecule has 0 aliphatic rings. The van der Waals surface area contributed by atoms with E-state index in [1.807, 2.05) is 27.7 Å². The van der Waals surface area contributed by atoms with Crippen LogP contribution in [0.1, 0.15) is 33.3 Å². The molecule has 0 radical (unpaired) electrons. The van der Waals surface area contributed by atoms with E-state index in [0.717, 1.165) is 5.56 Å². The third-order valence-electron chi connectivity index (χ3n) is 3.38. The Bertz CT molecular complexity index is 562. The van der Waals surface area contributed by atoms with Gasteiger partial charge in [0.05, 0.1) is 7.11 Å². The second kappa shape index (κ2) is 6.11. The van der Waals surface area contributed by atoms with E-state index in [0.29, 0.717) is 5.75 Å². The fourth-order valence-corrected chi connectivity index (χ4v) is 3.20. The van der Waals surface area contributed by atoms with Crippen molar-refractivity contribution in [3.8, 4) is 5.75 Å². The largest absolute Gasteiger partial charge is 0.495 e. The highest BCUT2D eigenvalue weighted by Crippen LogP contribution is 2.27. The summed E-state index contributed by atoms with van der Waals surface area (Å²) in [6.07, 6.45) is 0. The van der Waals surface area contributed by atoms with Crippen LogP contribution < -0.4 is 15.2 Å². The molecule has 0 amide bonds. The van der Waals surface area contributed by atoms with Gasteiger partial charge in [0, 0.05) is 12.6 Å². The first-order chi connectivity index (χ1) is 9.11. The average Bonchev–Trinajstić information content (AvgIpc) is 2.36. The Morgan fingerprint density at radius 2 is 1.95 bits per heavy atom. The maximum atomic E-state index is 12.5. The summed E-state index contributed by atoms with van der Waals surface area (Å²) in [5, 5.41) is 0. The van der Waals surface area contributed by atoms with Gasteiger partial charge in [-0.05, 0) is 30.0 Å². The monoisotopic (exact) mass is 300 g/mol. The Labute approximate surface area is 121 Å². The zero-order valence-corrected chi connectivity index (χ0v) is 13.5. The van der Waals surface area contributed by atoms with Gasteiger partial charge in [-0.25, -0.2) is 13.1 Å². The molecule has 1 aromatic carbocycles. The minimum atomic E-state index is -3.65.